The minimum atomic E-state index is 0.0349. The van der Waals surface area contributed by atoms with Gasteiger partial charge in [-0.2, -0.15) is 0 Å². The molecule has 0 spiro atoms. The van der Waals surface area contributed by atoms with Crippen LogP contribution in [0.15, 0.2) is 23.8 Å². The molecule has 0 fully saturated rings. The van der Waals surface area contributed by atoms with Gasteiger partial charge in [0.05, 0.1) is 6.54 Å². The molecule has 22 heavy (non-hydrogen) atoms. The van der Waals surface area contributed by atoms with Crippen molar-refractivity contribution < 1.29 is 4.79 Å². The number of amides is 1. The summed E-state index contributed by atoms with van der Waals surface area (Å²) in [6.07, 6.45) is 8.53. The van der Waals surface area contributed by atoms with Gasteiger partial charge in [-0.25, -0.2) is 0 Å². The monoisotopic (exact) mass is 300 g/mol. The molecule has 0 bridgehead atoms. The third-order valence-electron chi connectivity index (χ3n) is 4.23. The summed E-state index contributed by atoms with van der Waals surface area (Å²) in [5, 5.41) is 6.28. The molecule has 2 rings (SSSR count). The van der Waals surface area contributed by atoms with Crippen molar-refractivity contribution >= 4 is 11.6 Å². The molecule has 0 heterocycles. The molecule has 3 nitrogen and oxygen atoms in total. The van der Waals surface area contributed by atoms with Crippen LogP contribution in [-0.4, -0.2) is 19.0 Å². The molecule has 0 saturated heterocycles. The summed E-state index contributed by atoms with van der Waals surface area (Å²) in [6.45, 7) is 7.41. The Hall–Kier alpha value is -1.61. The smallest absolute Gasteiger partial charge is 0.238 e. The largest absolute Gasteiger partial charge is 0.324 e. The Bertz CT molecular complexity index is 538. The minimum absolute atomic E-state index is 0.0349. The highest BCUT2D eigenvalue weighted by Crippen LogP contribution is 2.22. The van der Waals surface area contributed by atoms with Crippen molar-refractivity contribution in [3.05, 3.63) is 40.5 Å². The van der Waals surface area contributed by atoms with Crippen molar-refractivity contribution in [2.45, 2.75) is 52.9 Å². The number of allylic oxidation sites excluding steroid dienone is 1. The molecule has 1 aromatic carbocycles. The fourth-order valence-corrected chi connectivity index (χ4v) is 3.14. The lowest BCUT2D eigenvalue weighted by Crippen LogP contribution is -2.29. The number of carbonyl (C=O) groups is 1. The zero-order chi connectivity index (χ0) is 15.9. The molecule has 1 aliphatic carbocycles. The van der Waals surface area contributed by atoms with Gasteiger partial charge in [0.15, 0.2) is 0 Å². The lowest BCUT2D eigenvalue weighted by Gasteiger charge is -2.14. The van der Waals surface area contributed by atoms with Crippen LogP contribution in [0.25, 0.3) is 0 Å². The fourth-order valence-electron chi connectivity index (χ4n) is 3.14. The second kappa shape index (κ2) is 8.14. The van der Waals surface area contributed by atoms with Crippen molar-refractivity contribution in [3.63, 3.8) is 0 Å². The molecule has 0 unspecified atom stereocenters. The molecule has 3 heteroatoms. The predicted octanol–water partition coefficient (Wildman–Crippen LogP) is 4.03. The van der Waals surface area contributed by atoms with Gasteiger partial charge < -0.3 is 10.6 Å². The van der Waals surface area contributed by atoms with Gasteiger partial charge in [0.2, 0.25) is 5.91 Å². The highest BCUT2D eigenvalue weighted by atomic mass is 16.1. The predicted molar refractivity (Wildman–Crippen MR) is 93.3 cm³/mol. The number of rotatable bonds is 6. The van der Waals surface area contributed by atoms with Gasteiger partial charge in [-0.1, -0.05) is 29.3 Å². The highest BCUT2D eigenvalue weighted by Gasteiger charge is 2.08. The molecule has 120 valence electrons. The summed E-state index contributed by atoms with van der Waals surface area (Å²) < 4.78 is 0. The molecule has 0 aliphatic heterocycles. The zero-order valence-electron chi connectivity index (χ0n) is 14.1. The normalized spacial score (nSPS) is 14.6. The van der Waals surface area contributed by atoms with Crippen LogP contribution in [0.4, 0.5) is 5.69 Å². The summed E-state index contributed by atoms with van der Waals surface area (Å²) in [6, 6.07) is 4.21. The quantitative estimate of drug-likeness (QED) is 0.615. The molecule has 1 amide bonds. The van der Waals surface area contributed by atoms with Gasteiger partial charge in [0, 0.05) is 5.69 Å². The van der Waals surface area contributed by atoms with E-state index in [-0.39, 0.29) is 5.91 Å². The fraction of sp³-hybridized carbons (Fsp3) is 0.526. The first-order valence-electron chi connectivity index (χ1n) is 8.32. The zero-order valence-corrected chi connectivity index (χ0v) is 14.1. The highest BCUT2D eigenvalue weighted by molar-refractivity contribution is 5.93. The van der Waals surface area contributed by atoms with Crippen LogP contribution in [0.2, 0.25) is 0 Å². The van der Waals surface area contributed by atoms with Crippen molar-refractivity contribution in [2.75, 3.05) is 18.4 Å². The first-order valence-corrected chi connectivity index (χ1v) is 8.32. The van der Waals surface area contributed by atoms with E-state index < -0.39 is 0 Å². The first-order chi connectivity index (χ1) is 10.6. The van der Waals surface area contributed by atoms with E-state index in [0.29, 0.717) is 6.54 Å². The van der Waals surface area contributed by atoms with E-state index in [4.69, 9.17) is 0 Å². The topological polar surface area (TPSA) is 41.1 Å². The Morgan fingerprint density at radius 1 is 1.14 bits per heavy atom. The van der Waals surface area contributed by atoms with Crippen LogP contribution in [0.1, 0.15) is 48.8 Å². The number of aryl methyl sites for hydroxylation is 3. The van der Waals surface area contributed by atoms with E-state index in [2.05, 4.69) is 35.8 Å². The molecule has 1 aliphatic rings. The Labute approximate surface area is 134 Å². The molecule has 0 aromatic heterocycles. The number of benzene rings is 1. The molecule has 0 radical (unpaired) electrons. The van der Waals surface area contributed by atoms with Crippen molar-refractivity contribution in [3.8, 4) is 0 Å². The molecular formula is C19H28N2O. The first kappa shape index (κ1) is 16.8. The van der Waals surface area contributed by atoms with Crippen molar-refractivity contribution in [1.29, 1.82) is 0 Å². The van der Waals surface area contributed by atoms with E-state index in [1.807, 2.05) is 13.8 Å². The Morgan fingerprint density at radius 2 is 1.86 bits per heavy atom. The average Bonchev–Trinajstić information content (AvgIpc) is 2.48. The van der Waals surface area contributed by atoms with Crippen LogP contribution in [0, 0.1) is 20.8 Å². The van der Waals surface area contributed by atoms with E-state index in [1.54, 1.807) is 5.57 Å². The third-order valence-corrected chi connectivity index (χ3v) is 4.23. The standard InChI is InChI=1S/C19H28N2O/c1-14-11-15(2)19(16(3)12-14)21-18(22)13-20-10-9-17-7-5-4-6-8-17/h7,11-12,20H,4-6,8-10,13H2,1-3H3,(H,21,22). The van der Waals surface area contributed by atoms with Gasteiger partial charge in [-0.3, -0.25) is 4.79 Å². The molecule has 0 saturated carbocycles. The maximum atomic E-state index is 12.1. The average molecular weight is 300 g/mol. The SMILES string of the molecule is Cc1cc(C)c(NC(=O)CNCCC2=CCCCC2)c(C)c1. The number of hydrogen-bond acceptors (Lipinski definition) is 2. The maximum absolute atomic E-state index is 12.1. The number of nitrogens with one attached hydrogen (secondary N) is 2. The van der Waals surface area contributed by atoms with Crippen LogP contribution in [0.5, 0.6) is 0 Å². The van der Waals surface area contributed by atoms with E-state index in [1.165, 1.54) is 31.2 Å². The third kappa shape index (κ3) is 4.99. The van der Waals surface area contributed by atoms with Crippen LogP contribution >= 0.6 is 0 Å². The summed E-state index contributed by atoms with van der Waals surface area (Å²) in [5.41, 5.74) is 5.97. The summed E-state index contributed by atoms with van der Waals surface area (Å²) in [4.78, 5) is 12.1. The molecular weight excluding hydrogens is 272 g/mol. The van der Waals surface area contributed by atoms with E-state index in [0.717, 1.165) is 29.8 Å². The van der Waals surface area contributed by atoms with Gasteiger partial charge in [-0.15, -0.1) is 0 Å². The van der Waals surface area contributed by atoms with E-state index in [9.17, 15) is 4.79 Å². The number of carbonyl (C=O) groups excluding carboxylic acids is 1. The lowest BCUT2D eigenvalue weighted by molar-refractivity contribution is -0.115. The van der Waals surface area contributed by atoms with Gasteiger partial charge in [-0.05, 0) is 70.5 Å². The maximum Gasteiger partial charge on any atom is 0.238 e. The summed E-state index contributed by atoms with van der Waals surface area (Å²) in [7, 11) is 0. The second-order valence-corrected chi connectivity index (χ2v) is 6.36. The molecule has 0 atom stereocenters. The number of hydrogen-bond donors (Lipinski definition) is 2. The van der Waals surface area contributed by atoms with Crippen molar-refractivity contribution in [2.24, 2.45) is 0 Å². The minimum Gasteiger partial charge on any atom is -0.324 e. The van der Waals surface area contributed by atoms with Gasteiger partial charge in [0.25, 0.3) is 0 Å². The van der Waals surface area contributed by atoms with Crippen LogP contribution in [-0.2, 0) is 4.79 Å². The molecule has 1 aromatic rings. The number of anilines is 1. The van der Waals surface area contributed by atoms with Gasteiger partial charge in [0.1, 0.15) is 0 Å². The van der Waals surface area contributed by atoms with Crippen LogP contribution in [0.3, 0.4) is 0 Å². The van der Waals surface area contributed by atoms with E-state index >= 15 is 0 Å². The lowest BCUT2D eigenvalue weighted by atomic mass is 9.97. The second-order valence-electron chi connectivity index (χ2n) is 6.36. The summed E-state index contributed by atoms with van der Waals surface area (Å²) in [5.74, 6) is 0.0349. The summed E-state index contributed by atoms with van der Waals surface area (Å²) >= 11 is 0. The van der Waals surface area contributed by atoms with Crippen LogP contribution < -0.4 is 10.6 Å². The molecule has 2 N–H and O–H groups in total. The Morgan fingerprint density at radius 3 is 2.50 bits per heavy atom. The van der Waals surface area contributed by atoms with Crippen molar-refractivity contribution in [1.82, 2.24) is 5.32 Å². The Balaban J connectivity index is 1.75. The Kier molecular flexibility index (Phi) is 6.20. The van der Waals surface area contributed by atoms with Gasteiger partial charge >= 0.3 is 0 Å².